The maximum absolute atomic E-state index is 13.2. The van der Waals surface area contributed by atoms with Gasteiger partial charge in [-0.05, 0) is 35.9 Å². The number of halogens is 2. The largest absolute Gasteiger partial charge is 0.324 e. The molecular weight excluding hydrogens is 437 g/mol. The number of nitrogens with one attached hydrogen (secondary N) is 1. The third kappa shape index (κ3) is 4.95. The summed E-state index contributed by atoms with van der Waals surface area (Å²) in [5, 5.41) is 3.73. The lowest BCUT2D eigenvalue weighted by Crippen LogP contribution is -2.25. The Morgan fingerprint density at radius 1 is 1.06 bits per heavy atom. The molecule has 0 spiro atoms. The van der Waals surface area contributed by atoms with Gasteiger partial charge in [0, 0.05) is 0 Å². The molecule has 0 saturated carbocycles. The summed E-state index contributed by atoms with van der Waals surface area (Å²) in [6.45, 7) is 0.339. The maximum atomic E-state index is 13.2. The van der Waals surface area contributed by atoms with Crippen molar-refractivity contribution in [3.63, 3.8) is 0 Å². The molecule has 156 valence electrons. The fourth-order valence-electron chi connectivity index (χ4n) is 3.07. The minimum atomic E-state index is -0.484. The molecule has 1 N–H and O–H groups in total. The van der Waals surface area contributed by atoms with Crippen molar-refractivity contribution in [1.82, 2.24) is 9.55 Å². The number of benzene rings is 3. The van der Waals surface area contributed by atoms with Gasteiger partial charge in [-0.3, -0.25) is 14.2 Å². The summed E-state index contributed by atoms with van der Waals surface area (Å²) in [5.41, 5.74) is 1.67. The van der Waals surface area contributed by atoms with Crippen molar-refractivity contribution in [2.24, 2.45) is 0 Å². The third-order valence-corrected chi connectivity index (χ3v) is 5.84. The molecule has 4 aromatic rings. The van der Waals surface area contributed by atoms with Gasteiger partial charge in [-0.15, -0.1) is 0 Å². The number of carbonyl (C=O) groups is 1. The van der Waals surface area contributed by atoms with Crippen LogP contribution in [-0.2, 0) is 11.3 Å². The normalized spacial score (nSPS) is 10.9. The van der Waals surface area contributed by atoms with E-state index >= 15 is 0 Å². The van der Waals surface area contributed by atoms with Crippen molar-refractivity contribution in [2.75, 3.05) is 11.1 Å². The first-order valence-corrected chi connectivity index (χ1v) is 10.8. The first kappa shape index (κ1) is 21.1. The number of para-hydroxylation sites is 1. The number of hydrogen-bond donors (Lipinski definition) is 1. The lowest BCUT2D eigenvalue weighted by Gasteiger charge is -2.13. The van der Waals surface area contributed by atoms with Gasteiger partial charge in [-0.2, -0.15) is 0 Å². The Balaban J connectivity index is 1.60. The highest BCUT2D eigenvalue weighted by atomic mass is 35.5. The molecule has 1 amide bonds. The molecule has 0 aliphatic rings. The molecule has 31 heavy (non-hydrogen) atoms. The molecule has 0 fully saturated rings. The van der Waals surface area contributed by atoms with Gasteiger partial charge in [0.1, 0.15) is 5.82 Å². The predicted octanol–water partition coefficient (Wildman–Crippen LogP) is 4.97. The van der Waals surface area contributed by atoms with E-state index in [9.17, 15) is 14.0 Å². The van der Waals surface area contributed by atoms with Crippen molar-refractivity contribution in [2.45, 2.75) is 11.7 Å². The highest BCUT2D eigenvalue weighted by Crippen LogP contribution is 2.24. The van der Waals surface area contributed by atoms with Crippen LogP contribution in [0.25, 0.3) is 10.9 Å². The fraction of sp³-hybridized carbons (Fsp3) is 0.0870. The number of hydrogen-bond acceptors (Lipinski definition) is 4. The molecule has 4 rings (SSSR count). The molecule has 0 radical (unpaired) electrons. The van der Waals surface area contributed by atoms with Crippen LogP contribution in [-0.4, -0.2) is 21.2 Å². The topological polar surface area (TPSA) is 64.0 Å². The number of fused-ring (bicyclic) bond motifs is 1. The Kier molecular flexibility index (Phi) is 6.34. The van der Waals surface area contributed by atoms with E-state index < -0.39 is 5.82 Å². The van der Waals surface area contributed by atoms with Crippen molar-refractivity contribution in [3.8, 4) is 0 Å². The molecule has 0 bridgehead atoms. The average Bonchev–Trinajstić information content (AvgIpc) is 2.77. The Bertz CT molecular complexity index is 1310. The van der Waals surface area contributed by atoms with Gasteiger partial charge in [0.15, 0.2) is 5.16 Å². The van der Waals surface area contributed by atoms with E-state index in [1.165, 1.54) is 12.1 Å². The summed E-state index contributed by atoms with van der Waals surface area (Å²) in [4.78, 5) is 30.2. The molecule has 0 unspecified atom stereocenters. The zero-order chi connectivity index (χ0) is 21.8. The van der Waals surface area contributed by atoms with E-state index in [-0.39, 0.29) is 22.2 Å². The summed E-state index contributed by atoms with van der Waals surface area (Å²) in [7, 11) is 0. The quantitative estimate of drug-likeness (QED) is 0.331. The fourth-order valence-corrected chi connectivity index (χ4v) is 4.08. The average molecular weight is 454 g/mol. The van der Waals surface area contributed by atoms with E-state index in [1.54, 1.807) is 22.8 Å². The molecule has 3 aromatic carbocycles. The van der Waals surface area contributed by atoms with Crippen LogP contribution in [0, 0.1) is 5.82 Å². The van der Waals surface area contributed by atoms with Gasteiger partial charge in [0.2, 0.25) is 5.91 Å². The van der Waals surface area contributed by atoms with E-state index in [0.717, 1.165) is 23.4 Å². The monoisotopic (exact) mass is 453 g/mol. The van der Waals surface area contributed by atoms with E-state index in [0.29, 0.717) is 28.3 Å². The van der Waals surface area contributed by atoms with Crippen molar-refractivity contribution in [1.29, 1.82) is 0 Å². The first-order chi connectivity index (χ1) is 15.0. The van der Waals surface area contributed by atoms with Crippen LogP contribution < -0.4 is 10.9 Å². The lowest BCUT2D eigenvalue weighted by atomic mass is 10.2. The maximum Gasteiger partial charge on any atom is 0.262 e. The number of nitrogens with zero attached hydrogens (tertiary/aromatic N) is 2. The Labute approximate surface area is 186 Å². The van der Waals surface area contributed by atoms with Gasteiger partial charge in [-0.1, -0.05) is 65.8 Å². The predicted molar refractivity (Wildman–Crippen MR) is 122 cm³/mol. The van der Waals surface area contributed by atoms with Gasteiger partial charge in [-0.25, -0.2) is 9.37 Å². The van der Waals surface area contributed by atoms with Crippen molar-refractivity contribution >= 4 is 45.9 Å². The number of anilines is 1. The number of carbonyl (C=O) groups excluding carboxylic acids is 1. The van der Waals surface area contributed by atoms with Gasteiger partial charge < -0.3 is 5.32 Å². The zero-order valence-corrected chi connectivity index (χ0v) is 17.8. The molecule has 0 aliphatic heterocycles. The summed E-state index contributed by atoms with van der Waals surface area (Å²) in [6.07, 6.45) is 0. The lowest BCUT2D eigenvalue weighted by molar-refractivity contribution is -0.113. The highest BCUT2D eigenvalue weighted by molar-refractivity contribution is 7.99. The van der Waals surface area contributed by atoms with Gasteiger partial charge in [0.25, 0.3) is 5.56 Å². The molecule has 5 nitrogen and oxygen atoms in total. The minimum Gasteiger partial charge on any atom is -0.324 e. The second-order valence-corrected chi connectivity index (χ2v) is 8.10. The van der Waals surface area contributed by atoms with E-state index in [4.69, 9.17) is 11.6 Å². The highest BCUT2D eigenvalue weighted by Gasteiger charge is 2.14. The van der Waals surface area contributed by atoms with E-state index in [1.807, 2.05) is 36.4 Å². The van der Waals surface area contributed by atoms with Crippen LogP contribution in [0.4, 0.5) is 10.1 Å². The summed E-state index contributed by atoms with van der Waals surface area (Å²) < 4.78 is 14.8. The summed E-state index contributed by atoms with van der Waals surface area (Å²) in [5.74, 6) is -0.817. The minimum absolute atomic E-state index is 0.00722. The first-order valence-electron chi connectivity index (χ1n) is 9.42. The Morgan fingerprint density at radius 3 is 2.58 bits per heavy atom. The number of thioether (sulfide) groups is 1. The standard InChI is InChI=1S/C23H17ClFN3O2S/c24-18-12-16(25)10-11-20(18)26-21(29)14-31-23-27-19-9-5-4-8-17(19)22(30)28(23)13-15-6-2-1-3-7-15/h1-12H,13-14H2,(H,26,29). The van der Waals surface area contributed by atoms with Crippen LogP contribution in [0.1, 0.15) is 5.56 Å². The summed E-state index contributed by atoms with van der Waals surface area (Å²) in [6, 6.07) is 20.5. The number of amides is 1. The second-order valence-electron chi connectivity index (χ2n) is 6.75. The summed E-state index contributed by atoms with van der Waals surface area (Å²) >= 11 is 7.13. The number of aromatic nitrogens is 2. The van der Waals surface area contributed by atoms with E-state index in [2.05, 4.69) is 10.3 Å². The smallest absolute Gasteiger partial charge is 0.262 e. The molecule has 8 heteroatoms. The molecule has 0 aliphatic carbocycles. The van der Waals surface area contributed by atoms with Crippen molar-refractivity contribution in [3.05, 3.63) is 99.6 Å². The van der Waals surface area contributed by atoms with Crippen molar-refractivity contribution < 1.29 is 9.18 Å². The van der Waals surface area contributed by atoms with Crippen LogP contribution in [0.2, 0.25) is 5.02 Å². The molecular formula is C23H17ClFN3O2S. The SMILES string of the molecule is O=C(CSc1nc2ccccc2c(=O)n1Cc1ccccc1)Nc1ccc(F)cc1Cl. The molecule has 0 saturated heterocycles. The van der Waals surface area contributed by atoms with Crippen LogP contribution in [0.5, 0.6) is 0 Å². The second kappa shape index (κ2) is 9.32. The molecule has 1 heterocycles. The van der Waals surface area contributed by atoms with Gasteiger partial charge >= 0.3 is 0 Å². The molecule has 0 atom stereocenters. The Morgan fingerprint density at radius 2 is 1.81 bits per heavy atom. The van der Waals surface area contributed by atoms with Crippen LogP contribution in [0.3, 0.4) is 0 Å². The number of rotatable bonds is 6. The Hall–Kier alpha value is -3.16. The van der Waals surface area contributed by atoms with Crippen LogP contribution >= 0.6 is 23.4 Å². The molecule has 1 aromatic heterocycles. The zero-order valence-electron chi connectivity index (χ0n) is 16.2. The third-order valence-electron chi connectivity index (χ3n) is 4.55. The van der Waals surface area contributed by atoms with Crippen LogP contribution in [0.15, 0.2) is 82.7 Å². The van der Waals surface area contributed by atoms with Gasteiger partial charge in [0.05, 0.1) is 33.9 Å².